The number of likely N-dealkylation sites (tertiary alicyclic amines) is 1. The topological polar surface area (TPSA) is 61.7 Å². The highest BCUT2D eigenvalue weighted by molar-refractivity contribution is 6.33. The van der Waals surface area contributed by atoms with Crippen molar-refractivity contribution in [1.82, 2.24) is 19.6 Å². The van der Waals surface area contributed by atoms with E-state index in [1.165, 1.54) is 11.1 Å². The van der Waals surface area contributed by atoms with E-state index < -0.39 is 0 Å². The molecule has 4 rings (SSSR count). The van der Waals surface area contributed by atoms with E-state index in [0.717, 1.165) is 26.2 Å². The third-order valence-corrected chi connectivity index (χ3v) is 6.55. The van der Waals surface area contributed by atoms with Crippen molar-refractivity contribution in [2.75, 3.05) is 50.7 Å². The van der Waals surface area contributed by atoms with Gasteiger partial charge in [-0.2, -0.15) is 9.78 Å². The van der Waals surface area contributed by atoms with Crippen molar-refractivity contribution in [2.45, 2.75) is 20.3 Å². The SMILES string of the molecule is CC1CC(C)CN(C(=O)CN2CCN(c3cnn(-c4ccccc4)c(=O)c3Cl)CC2)C1. The van der Waals surface area contributed by atoms with Crippen molar-refractivity contribution in [3.05, 3.63) is 51.9 Å². The van der Waals surface area contributed by atoms with E-state index >= 15 is 0 Å². The fourth-order valence-electron chi connectivity index (χ4n) is 4.70. The molecule has 1 aromatic carbocycles. The lowest BCUT2D eigenvalue weighted by Gasteiger charge is -2.39. The predicted molar refractivity (Wildman–Crippen MR) is 123 cm³/mol. The zero-order chi connectivity index (χ0) is 22.0. The minimum absolute atomic E-state index is 0.180. The van der Waals surface area contributed by atoms with E-state index in [1.54, 1.807) is 6.20 Å². The lowest BCUT2D eigenvalue weighted by molar-refractivity contribution is -0.135. The van der Waals surface area contributed by atoms with Gasteiger partial charge >= 0.3 is 0 Å². The predicted octanol–water partition coefficient (Wildman–Crippen LogP) is 2.51. The van der Waals surface area contributed by atoms with Gasteiger partial charge in [0.2, 0.25) is 5.91 Å². The van der Waals surface area contributed by atoms with Crippen LogP contribution in [0.1, 0.15) is 20.3 Å². The molecule has 31 heavy (non-hydrogen) atoms. The van der Waals surface area contributed by atoms with Crippen LogP contribution in [0.5, 0.6) is 0 Å². The van der Waals surface area contributed by atoms with E-state index in [-0.39, 0.29) is 16.5 Å². The molecule has 2 aromatic rings. The third kappa shape index (κ3) is 4.93. The second-order valence-electron chi connectivity index (χ2n) is 8.90. The van der Waals surface area contributed by atoms with Crippen LogP contribution < -0.4 is 10.5 Å². The Bertz CT molecular complexity index is 962. The van der Waals surface area contributed by atoms with Gasteiger partial charge in [-0.25, -0.2) is 0 Å². The second-order valence-corrected chi connectivity index (χ2v) is 9.28. The summed E-state index contributed by atoms with van der Waals surface area (Å²) in [4.78, 5) is 31.8. The Hall–Kier alpha value is -2.38. The van der Waals surface area contributed by atoms with Gasteiger partial charge in [-0.3, -0.25) is 14.5 Å². The van der Waals surface area contributed by atoms with Crippen LogP contribution in [0.4, 0.5) is 5.69 Å². The molecule has 7 nitrogen and oxygen atoms in total. The fraction of sp³-hybridized carbons (Fsp3) is 0.522. The van der Waals surface area contributed by atoms with Crippen LogP contribution in [0.3, 0.4) is 0 Å². The van der Waals surface area contributed by atoms with Crippen molar-refractivity contribution >= 4 is 23.2 Å². The van der Waals surface area contributed by atoms with E-state index in [0.29, 0.717) is 42.8 Å². The molecule has 8 heteroatoms. The number of halogens is 1. The van der Waals surface area contributed by atoms with Gasteiger partial charge in [0.15, 0.2) is 0 Å². The molecular formula is C23H30ClN5O2. The summed E-state index contributed by atoms with van der Waals surface area (Å²) < 4.78 is 1.32. The molecule has 0 radical (unpaired) electrons. The summed E-state index contributed by atoms with van der Waals surface area (Å²) in [7, 11) is 0. The zero-order valence-corrected chi connectivity index (χ0v) is 19.0. The third-order valence-electron chi connectivity index (χ3n) is 6.19. The molecule has 0 spiro atoms. The van der Waals surface area contributed by atoms with Gasteiger partial charge in [-0.05, 0) is 30.4 Å². The highest BCUT2D eigenvalue weighted by Gasteiger charge is 2.28. The van der Waals surface area contributed by atoms with Gasteiger partial charge in [0.1, 0.15) is 5.02 Å². The number of hydrogen-bond acceptors (Lipinski definition) is 5. The average Bonchev–Trinajstić information content (AvgIpc) is 2.76. The van der Waals surface area contributed by atoms with Crippen molar-refractivity contribution in [3.63, 3.8) is 0 Å². The molecule has 2 aliphatic rings. The summed E-state index contributed by atoms with van der Waals surface area (Å²) in [6, 6.07) is 9.25. The Morgan fingerprint density at radius 2 is 1.71 bits per heavy atom. The molecule has 0 saturated carbocycles. The van der Waals surface area contributed by atoms with Crippen molar-refractivity contribution in [2.24, 2.45) is 11.8 Å². The van der Waals surface area contributed by atoms with E-state index in [9.17, 15) is 9.59 Å². The molecule has 0 N–H and O–H groups in total. The number of carbonyl (C=O) groups is 1. The maximum absolute atomic E-state index is 12.8. The first-order valence-corrected chi connectivity index (χ1v) is 11.4. The summed E-state index contributed by atoms with van der Waals surface area (Å²) in [6.07, 6.45) is 2.86. The van der Waals surface area contributed by atoms with E-state index in [1.807, 2.05) is 35.2 Å². The van der Waals surface area contributed by atoms with Crippen LogP contribution in [-0.2, 0) is 4.79 Å². The van der Waals surface area contributed by atoms with Gasteiger partial charge in [0.25, 0.3) is 5.56 Å². The number of anilines is 1. The van der Waals surface area contributed by atoms with Gasteiger partial charge in [-0.1, -0.05) is 43.6 Å². The molecule has 0 bridgehead atoms. The summed E-state index contributed by atoms with van der Waals surface area (Å²) in [5.41, 5.74) is 1.02. The number of piperazine rings is 1. The highest BCUT2D eigenvalue weighted by atomic mass is 35.5. The summed E-state index contributed by atoms with van der Waals surface area (Å²) in [5.74, 6) is 1.35. The molecule has 2 fully saturated rings. The maximum atomic E-state index is 12.8. The molecule has 0 aliphatic carbocycles. The van der Waals surface area contributed by atoms with Crippen LogP contribution >= 0.6 is 11.6 Å². The average molecular weight is 444 g/mol. The van der Waals surface area contributed by atoms with Crippen LogP contribution in [0.15, 0.2) is 41.3 Å². The van der Waals surface area contributed by atoms with Crippen LogP contribution in [0.25, 0.3) is 5.69 Å². The van der Waals surface area contributed by atoms with Gasteiger partial charge in [0, 0.05) is 39.3 Å². The molecule has 3 heterocycles. The van der Waals surface area contributed by atoms with Gasteiger partial charge in [-0.15, -0.1) is 0 Å². The normalized spacial score (nSPS) is 22.5. The minimum Gasteiger partial charge on any atom is -0.366 e. The first-order chi connectivity index (χ1) is 14.9. The highest BCUT2D eigenvalue weighted by Crippen LogP contribution is 2.24. The largest absolute Gasteiger partial charge is 0.366 e. The standard InChI is InChI=1S/C23H30ClN5O2/c1-17-12-18(2)15-28(14-17)21(30)16-26-8-10-27(11-9-26)20-13-25-29(23(31)22(20)24)19-6-4-3-5-7-19/h3-7,13,17-18H,8-12,14-16H2,1-2H3. The number of rotatable bonds is 4. The lowest BCUT2D eigenvalue weighted by atomic mass is 9.92. The first-order valence-electron chi connectivity index (χ1n) is 11.0. The molecule has 2 atom stereocenters. The number of benzene rings is 1. The maximum Gasteiger partial charge on any atom is 0.292 e. The molecule has 2 aliphatic heterocycles. The number of carbonyl (C=O) groups excluding carboxylic acids is 1. The Morgan fingerprint density at radius 3 is 2.35 bits per heavy atom. The van der Waals surface area contributed by atoms with Crippen molar-refractivity contribution < 1.29 is 4.79 Å². The van der Waals surface area contributed by atoms with Crippen LogP contribution in [-0.4, -0.2) is 71.3 Å². The smallest absolute Gasteiger partial charge is 0.292 e. The quantitative estimate of drug-likeness (QED) is 0.726. The first kappa shape index (κ1) is 21.8. The molecular weight excluding hydrogens is 414 g/mol. The summed E-state index contributed by atoms with van der Waals surface area (Å²) in [5, 5.41) is 4.51. The fourth-order valence-corrected chi connectivity index (χ4v) is 4.95. The van der Waals surface area contributed by atoms with Crippen molar-refractivity contribution in [3.8, 4) is 5.69 Å². The monoisotopic (exact) mass is 443 g/mol. The lowest BCUT2D eigenvalue weighted by Crippen LogP contribution is -2.52. The number of piperidine rings is 1. The Kier molecular flexibility index (Phi) is 6.62. The molecule has 166 valence electrons. The number of amides is 1. The molecule has 2 saturated heterocycles. The second kappa shape index (κ2) is 9.40. The van der Waals surface area contributed by atoms with Crippen LogP contribution in [0, 0.1) is 11.8 Å². The minimum atomic E-state index is -0.323. The Balaban J connectivity index is 1.37. The number of para-hydroxylation sites is 1. The van der Waals surface area contributed by atoms with Gasteiger partial charge in [0.05, 0.1) is 24.1 Å². The number of nitrogens with zero attached hydrogens (tertiary/aromatic N) is 5. The Morgan fingerprint density at radius 1 is 1.06 bits per heavy atom. The van der Waals surface area contributed by atoms with E-state index in [2.05, 4.69) is 28.7 Å². The van der Waals surface area contributed by atoms with Gasteiger partial charge < -0.3 is 9.80 Å². The number of hydrogen-bond donors (Lipinski definition) is 0. The zero-order valence-electron chi connectivity index (χ0n) is 18.2. The molecule has 2 unspecified atom stereocenters. The summed E-state index contributed by atoms with van der Waals surface area (Å²) >= 11 is 6.44. The Labute approximate surface area is 188 Å². The summed E-state index contributed by atoms with van der Waals surface area (Å²) in [6.45, 7) is 9.54. The van der Waals surface area contributed by atoms with Crippen molar-refractivity contribution in [1.29, 1.82) is 0 Å². The molecule has 1 amide bonds. The molecule has 1 aromatic heterocycles. The van der Waals surface area contributed by atoms with Crippen LogP contribution in [0.2, 0.25) is 5.02 Å². The van der Waals surface area contributed by atoms with E-state index in [4.69, 9.17) is 11.6 Å². The number of aromatic nitrogens is 2.